The van der Waals surface area contributed by atoms with Crippen LogP contribution in [0.3, 0.4) is 0 Å². The number of Topliss-reactive ketones (excluding diaryl/α,β-unsaturated/α-hetero) is 1. The Labute approximate surface area is 132 Å². The minimum Gasteiger partial charge on any atom is -0.485 e. The average molecular weight is 303 g/mol. The van der Waals surface area contributed by atoms with Crippen LogP contribution in [0.2, 0.25) is 0 Å². The van der Waals surface area contributed by atoms with Crippen LogP contribution in [0.1, 0.15) is 62.0 Å². The lowest BCUT2D eigenvalue weighted by atomic mass is 9.84. The third-order valence-corrected chi connectivity index (χ3v) is 4.90. The SMILES string of the molecule is CC(=O)c1ccc2c(c1)[C@@H](N1CCCCC1)[C@H](O)C(C)(C)O2. The van der Waals surface area contributed by atoms with Crippen molar-refractivity contribution >= 4 is 5.78 Å². The van der Waals surface area contributed by atoms with Gasteiger partial charge in [-0.05, 0) is 64.9 Å². The smallest absolute Gasteiger partial charge is 0.159 e. The second kappa shape index (κ2) is 5.67. The molecule has 22 heavy (non-hydrogen) atoms. The Hall–Kier alpha value is -1.39. The number of likely N-dealkylation sites (tertiary alicyclic amines) is 1. The summed E-state index contributed by atoms with van der Waals surface area (Å²) in [6.07, 6.45) is 2.96. The van der Waals surface area contributed by atoms with Crippen LogP contribution in [0, 0.1) is 0 Å². The standard InChI is InChI=1S/C18H25NO3/c1-12(20)13-7-8-15-14(11-13)16(17(21)18(2,3)22-15)19-9-5-4-6-10-19/h7-8,11,16-17,21H,4-6,9-10H2,1-3H3/t16-,17+/m1/s1. The van der Waals surface area contributed by atoms with Crippen molar-refractivity contribution in [2.45, 2.75) is 57.8 Å². The first-order valence-corrected chi connectivity index (χ1v) is 8.16. The third-order valence-electron chi connectivity index (χ3n) is 4.90. The summed E-state index contributed by atoms with van der Waals surface area (Å²) in [5.41, 5.74) is 0.991. The van der Waals surface area contributed by atoms with E-state index in [1.54, 1.807) is 6.92 Å². The van der Waals surface area contributed by atoms with Crippen molar-refractivity contribution in [3.8, 4) is 5.75 Å². The van der Waals surface area contributed by atoms with Crippen molar-refractivity contribution in [2.24, 2.45) is 0 Å². The summed E-state index contributed by atoms with van der Waals surface area (Å²) >= 11 is 0. The molecule has 3 rings (SSSR count). The Kier molecular flexibility index (Phi) is 4.00. The highest BCUT2D eigenvalue weighted by Crippen LogP contribution is 2.43. The summed E-state index contributed by atoms with van der Waals surface area (Å²) in [5, 5.41) is 10.9. The van der Waals surface area contributed by atoms with Crippen molar-refractivity contribution < 1.29 is 14.6 Å². The van der Waals surface area contributed by atoms with Crippen LogP contribution in [-0.2, 0) is 0 Å². The molecule has 1 N–H and O–H groups in total. The Morgan fingerprint density at radius 2 is 1.95 bits per heavy atom. The topological polar surface area (TPSA) is 49.8 Å². The molecule has 0 radical (unpaired) electrons. The van der Waals surface area contributed by atoms with Gasteiger partial charge >= 0.3 is 0 Å². The van der Waals surface area contributed by atoms with E-state index in [-0.39, 0.29) is 11.8 Å². The fourth-order valence-corrected chi connectivity index (χ4v) is 3.58. The van der Waals surface area contributed by atoms with E-state index in [1.165, 1.54) is 6.42 Å². The molecule has 1 fully saturated rings. The number of nitrogens with zero attached hydrogens (tertiary/aromatic N) is 1. The van der Waals surface area contributed by atoms with Crippen LogP contribution in [0.4, 0.5) is 0 Å². The van der Waals surface area contributed by atoms with Gasteiger partial charge in [0.2, 0.25) is 0 Å². The van der Waals surface area contributed by atoms with Gasteiger partial charge in [-0.2, -0.15) is 0 Å². The summed E-state index contributed by atoms with van der Waals surface area (Å²) in [7, 11) is 0. The van der Waals surface area contributed by atoms with Crippen LogP contribution in [0.15, 0.2) is 18.2 Å². The lowest BCUT2D eigenvalue weighted by molar-refractivity contribution is -0.0961. The van der Waals surface area contributed by atoms with E-state index in [1.807, 2.05) is 32.0 Å². The van der Waals surface area contributed by atoms with E-state index >= 15 is 0 Å². The van der Waals surface area contributed by atoms with Crippen LogP contribution in [0.5, 0.6) is 5.75 Å². The molecule has 0 unspecified atom stereocenters. The molecule has 2 aliphatic heterocycles. The summed E-state index contributed by atoms with van der Waals surface area (Å²) in [5.74, 6) is 0.829. The largest absolute Gasteiger partial charge is 0.485 e. The molecule has 0 amide bonds. The molecule has 1 aromatic carbocycles. The lowest BCUT2D eigenvalue weighted by Crippen LogP contribution is -2.54. The molecule has 4 nitrogen and oxygen atoms in total. The first-order valence-electron chi connectivity index (χ1n) is 8.16. The summed E-state index contributed by atoms with van der Waals surface area (Å²) < 4.78 is 6.00. The maximum Gasteiger partial charge on any atom is 0.159 e. The lowest BCUT2D eigenvalue weighted by Gasteiger charge is -2.47. The number of rotatable bonds is 2. The van der Waals surface area contributed by atoms with Gasteiger partial charge in [-0.15, -0.1) is 0 Å². The second-order valence-corrected chi connectivity index (χ2v) is 7.00. The maximum absolute atomic E-state index is 11.7. The maximum atomic E-state index is 11.7. The molecule has 1 aromatic rings. The molecule has 0 aromatic heterocycles. The predicted molar refractivity (Wildman–Crippen MR) is 85.3 cm³/mol. The van der Waals surface area contributed by atoms with Gasteiger partial charge in [-0.1, -0.05) is 6.42 Å². The van der Waals surface area contributed by atoms with E-state index in [2.05, 4.69) is 4.90 Å². The highest BCUT2D eigenvalue weighted by molar-refractivity contribution is 5.94. The summed E-state index contributed by atoms with van der Waals surface area (Å²) in [4.78, 5) is 14.1. The van der Waals surface area contributed by atoms with Crippen molar-refractivity contribution in [1.82, 2.24) is 4.90 Å². The molecule has 2 heterocycles. The molecule has 0 saturated carbocycles. The number of benzene rings is 1. The number of carbonyl (C=O) groups is 1. The number of hydrogen-bond acceptors (Lipinski definition) is 4. The minimum absolute atomic E-state index is 0.0412. The summed E-state index contributed by atoms with van der Waals surface area (Å²) in [6.45, 7) is 7.40. The number of hydrogen-bond donors (Lipinski definition) is 1. The van der Waals surface area contributed by atoms with Gasteiger partial charge in [0.15, 0.2) is 5.78 Å². The normalized spacial score (nSPS) is 27.8. The molecule has 1 saturated heterocycles. The predicted octanol–water partition coefficient (Wildman–Crippen LogP) is 2.95. The molecule has 120 valence electrons. The number of aliphatic hydroxyl groups is 1. The van der Waals surface area contributed by atoms with Gasteiger partial charge in [0, 0.05) is 11.1 Å². The monoisotopic (exact) mass is 303 g/mol. The highest BCUT2D eigenvalue weighted by Gasteiger charge is 2.45. The Morgan fingerprint density at radius 1 is 1.27 bits per heavy atom. The second-order valence-electron chi connectivity index (χ2n) is 7.00. The van der Waals surface area contributed by atoms with Gasteiger partial charge in [-0.3, -0.25) is 9.69 Å². The van der Waals surface area contributed by atoms with Gasteiger partial charge in [0.25, 0.3) is 0 Å². The molecule has 0 spiro atoms. The molecule has 2 aliphatic rings. The van der Waals surface area contributed by atoms with E-state index in [0.29, 0.717) is 5.56 Å². The molecule has 0 aliphatic carbocycles. The van der Waals surface area contributed by atoms with E-state index in [9.17, 15) is 9.90 Å². The number of aliphatic hydroxyl groups excluding tert-OH is 1. The van der Waals surface area contributed by atoms with Gasteiger partial charge < -0.3 is 9.84 Å². The van der Waals surface area contributed by atoms with Crippen LogP contribution in [0.25, 0.3) is 0 Å². The number of ketones is 1. The Morgan fingerprint density at radius 3 is 2.59 bits per heavy atom. The van der Waals surface area contributed by atoms with Crippen molar-refractivity contribution in [1.29, 1.82) is 0 Å². The molecule has 0 bridgehead atoms. The van der Waals surface area contributed by atoms with Crippen molar-refractivity contribution in [3.05, 3.63) is 29.3 Å². The molecular weight excluding hydrogens is 278 g/mol. The van der Waals surface area contributed by atoms with E-state index in [0.717, 1.165) is 37.2 Å². The van der Waals surface area contributed by atoms with Gasteiger partial charge in [0.1, 0.15) is 17.5 Å². The molecule has 4 heteroatoms. The number of fused-ring (bicyclic) bond motifs is 1. The van der Waals surface area contributed by atoms with Gasteiger partial charge in [0.05, 0.1) is 6.04 Å². The zero-order valence-electron chi connectivity index (χ0n) is 13.6. The number of piperidine rings is 1. The quantitative estimate of drug-likeness (QED) is 0.853. The van der Waals surface area contributed by atoms with Crippen LogP contribution in [-0.4, -0.2) is 40.6 Å². The van der Waals surface area contributed by atoms with Crippen LogP contribution < -0.4 is 4.74 Å². The van der Waals surface area contributed by atoms with E-state index < -0.39 is 11.7 Å². The van der Waals surface area contributed by atoms with Crippen molar-refractivity contribution in [2.75, 3.05) is 13.1 Å². The van der Waals surface area contributed by atoms with Crippen LogP contribution >= 0.6 is 0 Å². The van der Waals surface area contributed by atoms with Crippen molar-refractivity contribution in [3.63, 3.8) is 0 Å². The number of carbonyl (C=O) groups excluding carboxylic acids is 1. The van der Waals surface area contributed by atoms with E-state index in [4.69, 9.17) is 4.74 Å². The third kappa shape index (κ3) is 2.66. The molecular formula is C18H25NO3. The minimum atomic E-state index is -0.632. The zero-order chi connectivity index (χ0) is 15.9. The number of ether oxygens (including phenoxy) is 1. The Balaban J connectivity index is 2.06. The Bertz CT molecular complexity index is 576. The van der Waals surface area contributed by atoms with Gasteiger partial charge in [-0.25, -0.2) is 0 Å². The first kappa shape index (κ1) is 15.5. The molecule has 2 atom stereocenters. The first-order chi connectivity index (χ1) is 10.4. The zero-order valence-corrected chi connectivity index (χ0v) is 13.6. The summed E-state index contributed by atoms with van der Waals surface area (Å²) in [6, 6.07) is 5.48. The fourth-order valence-electron chi connectivity index (χ4n) is 3.58. The average Bonchev–Trinajstić information content (AvgIpc) is 2.48. The highest BCUT2D eigenvalue weighted by atomic mass is 16.5. The fraction of sp³-hybridized carbons (Fsp3) is 0.611.